The molecule has 0 aliphatic carbocycles. The molecule has 106 valence electrons. The van der Waals surface area contributed by atoms with E-state index in [1.165, 1.54) is 38.5 Å². The molecule has 0 amide bonds. The lowest BCUT2D eigenvalue weighted by Crippen LogP contribution is -2.42. The van der Waals surface area contributed by atoms with Gasteiger partial charge in [0.15, 0.2) is 0 Å². The molecule has 1 aliphatic heterocycles. The van der Waals surface area contributed by atoms with Crippen molar-refractivity contribution in [2.24, 2.45) is 0 Å². The van der Waals surface area contributed by atoms with Crippen molar-refractivity contribution in [3.05, 3.63) is 0 Å². The second-order valence-electron chi connectivity index (χ2n) is 5.34. The minimum absolute atomic E-state index is 0.260. The van der Waals surface area contributed by atoms with E-state index in [-0.39, 0.29) is 6.04 Å². The fraction of sp³-hybridized carbons (Fsp3) is 0.933. The van der Waals surface area contributed by atoms with Crippen LogP contribution in [0.4, 0.5) is 0 Å². The molecule has 1 rings (SSSR count). The number of ether oxygens (including phenoxy) is 1. The molecule has 0 aromatic rings. The van der Waals surface area contributed by atoms with Crippen LogP contribution < -0.4 is 5.32 Å². The fourth-order valence-electron chi connectivity index (χ4n) is 2.41. The topological polar surface area (TPSA) is 38.3 Å². The van der Waals surface area contributed by atoms with Gasteiger partial charge in [0, 0.05) is 25.4 Å². The van der Waals surface area contributed by atoms with Gasteiger partial charge in [-0.3, -0.25) is 4.79 Å². The van der Waals surface area contributed by atoms with Gasteiger partial charge in [-0.25, -0.2) is 0 Å². The molecule has 0 spiro atoms. The molecule has 3 heteroatoms. The van der Waals surface area contributed by atoms with E-state index < -0.39 is 0 Å². The zero-order valence-electron chi connectivity index (χ0n) is 11.9. The summed E-state index contributed by atoms with van der Waals surface area (Å²) in [4.78, 5) is 11.8. The van der Waals surface area contributed by atoms with E-state index in [4.69, 9.17) is 4.74 Å². The average molecular weight is 255 g/mol. The molecule has 3 nitrogen and oxygen atoms in total. The lowest BCUT2D eigenvalue weighted by atomic mass is 10.0. The van der Waals surface area contributed by atoms with Gasteiger partial charge in [0.1, 0.15) is 5.78 Å². The van der Waals surface area contributed by atoms with E-state index in [0.717, 1.165) is 26.0 Å². The highest BCUT2D eigenvalue weighted by molar-refractivity contribution is 5.78. The molecule has 1 unspecified atom stereocenters. The number of carbonyl (C=O) groups excluding carboxylic acids is 1. The maximum Gasteiger partial charge on any atom is 0.134 e. The van der Waals surface area contributed by atoms with Gasteiger partial charge in [-0.05, 0) is 6.42 Å². The highest BCUT2D eigenvalue weighted by Gasteiger charge is 2.16. The first-order valence-corrected chi connectivity index (χ1v) is 7.65. The van der Waals surface area contributed by atoms with E-state index in [0.29, 0.717) is 18.8 Å². The van der Waals surface area contributed by atoms with Gasteiger partial charge in [0.25, 0.3) is 0 Å². The summed E-state index contributed by atoms with van der Waals surface area (Å²) in [6.07, 6.45) is 10.3. The lowest BCUT2D eigenvalue weighted by Gasteiger charge is -2.23. The summed E-state index contributed by atoms with van der Waals surface area (Å²) >= 11 is 0. The number of hydrogen-bond donors (Lipinski definition) is 1. The Morgan fingerprint density at radius 3 is 2.56 bits per heavy atom. The van der Waals surface area contributed by atoms with E-state index in [1.807, 2.05) is 0 Å². The predicted octanol–water partition coefficient (Wildman–Crippen LogP) is 3.07. The summed E-state index contributed by atoms with van der Waals surface area (Å²) in [6, 6.07) is 0.260. The van der Waals surface area contributed by atoms with Crippen LogP contribution in [-0.2, 0) is 9.53 Å². The second-order valence-corrected chi connectivity index (χ2v) is 5.34. The van der Waals surface area contributed by atoms with Crippen LogP contribution in [0.5, 0.6) is 0 Å². The molecule has 0 aromatic carbocycles. The summed E-state index contributed by atoms with van der Waals surface area (Å²) in [5, 5.41) is 3.33. The van der Waals surface area contributed by atoms with Crippen LogP contribution in [-0.4, -0.2) is 31.6 Å². The predicted molar refractivity (Wildman–Crippen MR) is 74.8 cm³/mol. The molecule has 0 bridgehead atoms. The standard InChI is InChI=1S/C15H29NO2/c1-2-3-4-5-6-7-8-9-15(17)12-14-13-18-11-10-16-14/h14,16H,2-13H2,1H3. The number of morpholine rings is 1. The van der Waals surface area contributed by atoms with Crippen LogP contribution in [0.2, 0.25) is 0 Å². The van der Waals surface area contributed by atoms with Crippen LogP contribution >= 0.6 is 0 Å². The molecule has 1 heterocycles. The molecule has 1 N–H and O–H groups in total. The fourth-order valence-corrected chi connectivity index (χ4v) is 2.41. The Morgan fingerprint density at radius 1 is 1.17 bits per heavy atom. The Morgan fingerprint density at radius 2 is 1.89 bits per heavy atom. The maximum absolute atomic E-state index is 11.8. The molecule has 1 fully saturated rings. The maximum atomic E-state index is 11.8. The number of unbranched alkanes of at least 4 members (excludes halogenated alkanes) is 6. The largest absolute Gasteiger partial charge is 0.379 e. The Labute approximate surface area is 112 Å². The van der Waals surface area contributed by atoms with Crippen molar-refractivity contribution in [1.29, 1.82) is 0 Å². The Kier molecular flexibility index (Phi) is 9.13. The van der Waals surface area contributed by atoms with Gasteiger partial charge >= 0.3 is 0 Å². The van der Waals surface area contributed by atoms with Crippen molar-refractivity contribution in [3.63, 3.8) is 0 Å². The number of ketones is 1. The monoisotopic (exact) mass is 255 g/mol. The van der Waals surface area contributed by atoms with Crippen LogP contribution in [0.25, 0.3) is 0 Å². The summed E-state index contributed by atoms with van der Waals surface area (Å²) in [5.41, 5.74) is 0. The van der Waals surface area contributed by atoms with Crippen molar-refractivity contribution in [3.8, 4) is 0 Å². The summed E-state index contributed by atoms with van der Waals surface area (Å²) in [6.45, 7) is 4.60. The molecule has 1 atom stereocenters. The highest BCUT2D eigenvalue weighted by atomic mass is 16.5. The molecule has 0 aromatic heterocycles. The van der Waals surface area contributed by atoms with Crippen LogP contribution in [0, 0.1) is 0 Å². The third-order valence-corrected chi connectivity index (χ3v) is 3.53. The third kappa shape index (κ3) is 7.83. The van der Waals surface area contributed by atoms with Crippen molar-refractivity contribution >= 4 is 5.78 Å². The number of nitrogens with one attached hydrogen (secondary N) is 1. The van der Waals surface area contributed by atoms with Crippen LogP contribution in [0.15, 0.2) is 0 Å². The molecule has 1 aliphatic rings. The average Bonchev–Trinajstić information content (AvgIpc) is 2.39. The van der Waals surface area contributed by atoms with Gasteiger partial charge < -0.3 is 10.1 Å². The highest BCUT2D eigenvalue weighted by Crippen LogP contribution is 2.10. The lowest BCUT2D eigenvalue weighted by molar-refractivity contribution is -0.120. The van der Waals surface area contributed by atoms with Gasteiger partial charge in [0.2, 0.25) is 0 Å². The van der Waals surface area contributed by atoms with Crippen molar-refractivity contribution < 1.29 is 9.53 Å². The zero-order chi connectivity index (χ0) is 13.1. The quantitative estimate of drug-likeness (QED) is 0.610. The number of carbonyl (C=O) groups is 1. The van der Waals surface area contributed by atoms with Crippen LogP contribution in [0.3, 0.4) is 0 Å². The van der Waals surface area contributed by atoms with E-state index in [9.17, 15) is 4.79 Å². The second kappa shape index (κ2) is 10.5. The van der Waals surface area contributed by atoms with Gasteiger partial charge in [-0.2, -0.15) is 0 Å². The molecule has 1 saturated heterocycles. The first kappa shape index (κ1) is 15.6. The molecule has 18 heavy (non-hydrogen) atoms. The van der Waals surface area contributed by atoms with E-state index >= 15 is 0 Å². The van der Waals surface area contributed by atoms with Crippen molar-refractivity contribution in [2.45, 2.75) is 70.8 Å². The SMILES string of the molecule is CCCCCCCCCC(=O)CC1COCCN1. The third-order valence-electron chi connectivity index (χ3n) is 3.53. The van der Waals surface area contributed by atoms with Crippen LogP contribution in [0.1, 0.15) is 64.7 Å². The minimum Gasteiger partial charge on any atom is -0.379 e. The Bertz CT molecular complexity index is 213. The zero-order valence-corrected chi connectivity index (χ0v) is 11.9. The molecule has 0 radical (unpaired) electrons. The number of Topliss-reactive ketones (excluding diaryl/α,β-unsaturated/α-hetero) is 1. The summed E-state index contributed by atoms with van der Waals surface area (Å²) < 4.78 is 5.35. The molecule has 0 saturated carbocycles. The number of rotatable bonds is 10. The smallest absolute Gasteiger partial charge is 0.134 e. The first-order valence-electron chi connectivity index (χ1n) is 7.65. The number of hydrogen-bond acceptors (Lipinski definition) is 3. The molecular formula is C15H29NO2. The van der Waals surface area contributed by atoms with E-state index in [2.05, 4.69) is 12.2 Å². The summed E-state index contributed by atoms with van der Waals surface area (Å²) in [5.74, 6) is 0.395. The van der Waals surface area contributed by atoms with Gasteiger partial charge in [-0.15, -0.1) is 0 Å². The summed E-state index contributed by atoms with van der Waals surface area (Å²) in [7, 11) is 0. The normalized spacial score (nSPS) is 19.9. The Hall–Kier alpha value is -0.410. The van der Waals surface area contributed by atoms with Crippen molar-refractivity contribution in [1.82, 2.24) is 5.32 Å². The minimum atomic E-state index is 0.260. The van der Waals surface area contributed by atoms with Gasteiger partial charge in [-0.1, -0.05) is 45.4 Å². The van der Waals surface area contributed by atoms with Gasteiger partial charge in [0.05, 0.1) is 13.2 Å². The first-order chi connectivity index (χ1) is 8.83. The molecular weight excluding hydrogens is 226 g/mol. The van der Waals surface area contributed by atoms with E-state index in [1.54, 1.807) is 0 Å². The van der Waals surface area contributed by atoms with Crippen molar-refractivity contribution in [2.75, 3.05) is 19.8 Å². The Balaban J connectivity index is 1.90.